The average molecular weight is 432 g/mol. The molecule has 1 aromatic heterocycles. The van der Waals surface area contributed by atoms with Crippen molar-refractivity contribution in [3.63, 3.8) is 0 Å². The van der Waals surface area contributed by atoms with E-state index in [1.165, 1.54) is 29.7 Å². The van der Waals surface area contributed by atoms with Crippen molar-refractivity contribution in [1.29, 1.82) is 0 Å². The van der Waals surface area contributed by atoms with E-state index >= 15 is 0 Å². The van der Waals surface area contributed by atoms with Crippen LogP contribution in [0.25, 0.3) is 6.08 Å². The molecule has 4 nitrogen and oxygen atoms in total. The zero-order valence-electron chi connectivity index (χ0n) is 15.1. The van der Waals surface area contributed by atoms with Gasteiger partial charge in [0.2, 0.25) is 9.84 Å². The van der Waals surface area contributed by atoms with E-state index in [0.29, 0.717) is 5.75 Å². The molecule has 2 heterocycles. The highest BCUT2D eigenvalue weighted by Crippen LogP contribution is 2.31. The second kappa shape index (κ2) is 7.62. The summed E-state index contributed by atoms with van der Waals surface area (Å²) in [5.74, 6) is 0.516. The van der Waals surface area contributed by atoms with Crippen LogP contribution in [0.15, 0.2) is 69.9 Å². The number of halogens is 1. The lowest BCUT2D eigenvalue weighted by Crippen LogP contribution is -2.18. The number of hydrogen-bond acceptors (Lipinski definition) is 5. The van der Waals surface area contributed by atoms with Crippen LogP contribution in [0.3, 0.4) is 0 Å². The van der Waals surface area contributed by atoms with Crippen LogP contribution < -0.4 is 4.74 Å². The van der Waals surface area contributed by atoms with Gasteiger partial charge in [-0.2, -0.15) is 0 Å². The minimum atomic E-state index is -3.69. The van der Waals surface area contributed by atoms with Crippen LogP contribution >= 0.6 is 22.9 Å². The highest BCUT2D eigenvalue weighted by atomic mass is 35.5. The maximum atomic E-state index is 12.9. The number of thiophene rings is 1. The molecule has 4 rings (SSSR count). The Morgan fingerprint density at radius 3 is 2.64 bits per heavy atom. The van der Waals surface area contributed by atoms with Gasteiger partial charge >= 0.3 is 0 Å². The van der Waals surface area contributed by atoms with Crippen molar-refractivity contribution in [3.05, 3.63) is 81.1 Å². The van der Waals surface area contributed by atoms with Crippen LogP contribution in [0.4, 0.5) is 0 Å². The molecule has 3 aromatic rings. The zero-order chi connectivity index (χ0) is 19.7. The van der Waals surface area contributed by atoms with Crippen LogP contribution in [0.1, 0.15) is 16.0 Å². The first-order chi connectivity index (χ1) is 13.5. The van der Waals surface area contributed by atoms with Crippen molar-refractivity contribution in [2.75, 3.05) is 7.11 Å². The smallest absolute Gasteiger partial charge is 0.208 e. The standard InChI is InChI=1S/C21H18ClNO3S2/c1-26-17-4-7-21(19(22)12-17)28(24,25)18-5-2-15(3-6-18)13-23-10-8-16-9-11-27-20(16)14-23/h2-12H,13-14H2,1H3. The normalized spacial score (nSPS) is 13.4. The van der Waals surface area contributed by atoms with Gasteiger partial charge in [-0.15, -0.1) is 11.3 Å². The van der Waals surface area contributed by atoms with Crippen molar-refractivity contribution >= 4 is 38.9 Å². The van der Waals surface area contributed by atoms with E-state index in [1.807, 2.05) is 12.1 Å². The van der Waals surface area contributed by atoms with Gasteiger partial charge in [0.25, 0.3) is 0 Å². The third-order valence-electron chi connectivity index (χ3n) is 4.64. The Morgan fingerprint density at radius 2 is 1.93 bits per heavy atom. The maximum absolute atomic E-state index is 12.9. The number of rotatable bonds is 5. The molecule has 0 fully saturated rings. The van der Waals surface area contributed by atoms with Gasteiger partial charge in [0, 0.05) is 23.7 Å². The lowest BCUT2D eigenvalue weighted by molar-refractivity contribution is 0.363. The molecule has 1 aliphatic heterocycles. The zero-order valence-corrected chi connectivity index (χ0v) is 17.5. The molecule has 0 radical (unpaired) electrons. The van der Waals surface area contributed by atoms with Crippen molar-refractivity contribution in [3.8, 4) is 5.75 Å². The van der Waals surface area contributed by atoms with Crippen LogP contribution in [0.2, 0.25) is 5.02 Å². The Balaban J connectivity index is 1.53. The van der Waals surface area contributed by atoms with Crippen molar-refractivity contribution in [1.82, 2.24) is 4.90 Å². The van der Waals surface area contributed by atoms with Crippen molar-refractivity contribution < 1.29 is 13.2 Å². The molecule has 28 heavy (non-hydrogen) atoms. The molecule has 0 aliphatic carbocycles. The number of benzene rings is 2. The third kappa shape index (κ3) is 3.68. The molecular weight excluding hydrogens is 414 g/mol. The Morgan fingerprint density at radius 1 is 1.14 bits per heavy atom. The molecule has 2 aromatic carbocycles. The lowest BCUT2D eigenvalue weighted by atomic mass is 10.1. The van der Waals surface area contributed by atoms with Gasteiger partial charge in [0.05, 0.1) is 28.5 Å². The lowest BCUT2D eigenvalue weighted by Gasteiger charge is -2.23. The number of sulfone groups is 1. The Labute approximate surface area is 173 Å². The van der Waals surface area contributed by atoms with E-state index in [9.17, 15) is 8.42 Å². The summed E-state index contributed by atoms with van der Waals surface area (Å²) in [6, 6.07) is 13.7. The molecular formula is C21H18ClNO3S2. The topological polar surface area (TPSA) is 46.6 Å². The second-order valence-electron chi connectivity index (χ2n) is 6.46. The molecule has 0 spiro atoms. The third-order valence-corrected chi connectivity index (χ3v) is 7.81. The first-order valence-corrected chi connectivity index (χ1v) is 11.4. The van der Waals surface area contributed by atoms with Crippen LogP contribution in [0, 0.1) is 0 Å². The molecule has 0 N–H and O–H groups in total. The quantitative estimate of drug-likeness (QED) is 0.555. The van der Waals surface area contributed by atoms with Crippen molar-refractivity contribution in [2.24, 2.45) is 0 Å². The second-order valence-corrected chi connectivity index (χ2v) is 9.79. The summed E-state index contributed by atoms with van der Waals surface area (Å²) >= 11 is 7.92. The van der Waals surface area contributed by atoms with E-state index in [2.05, 4.69) is 28.6 Å². The highest BCUT2D eigenvalue weighted by molar-refractivity contribution is 7.91. The number of hydrogen-bond donors (Lipinski definition) is 0. The fourth-order valence-electron chi connectivity index (χ4n) is 3.12. The van der Waals surface area contributed by atoms with Gasteiger partial charge in [-0.1, -0.05) is 23.7 Å². The minimum Gasteiger partial charge on any atom is -0.497 e. The Bertz CT molecular complexity index is 1130. The summed E-state index contributed by atoms with van der Waals surface area (Å²) < 4.78 is 30.9. The molecule has 0 saturated carbocycles. The van der Waals surface area contributed by atoms with Crippen LogP contribution in [0.5, 0.6) is 5.75 Å². The van der Waals surface area contributed by atoms with Gasteiger partial charge in [-0.25, -0.2) is 8.42 Å². The number of nitrogens with zero attached hydrogens (tertiary/aromatic N) is 1. The van der Waals surface area contributed by atoms with E-state index < -0.39 is 9.84 Å². The largest absolute Gasteiger partial charge is 0.497 e. The Kier molecular flexibility index (Phi) is 5.19. The van der Waals surface area contributed by atoms with E-state index in [4.69, 9.17) is 16.3 Å². The van der Waals surface area contributed by atoms with Crippen LogP contribution in [-0.2, 0) is 22.9 Å². The van der Waals surface area contributed by atoms with E-state index in [1.54, 1.807) is 29.5 Å². The number of methoxy groups -OCH3 is 1. The monoisotopic (exact) mass is 431 g/mol. The van der Waals surface area contributed by atoms with Gasteiger partial charge in [-0.05, 0) is 52.9 Å². The maximum Gasteiger partial charge on any atom is 0.208 e. The molecule has 0 unspecified atom stereocenters. The van der Waals surface area contributed by atoms with Gasteiger partial charge < -0.3 is 9.64 Å². The fraction of sp³-hybridized carbons (Fsp3) is 0.143. The highest BCUT2D eigenvalue weighted by Gasteiger charge is 2.21. The van der Waals surface area contributed by atoms with Crippen molar-refractivity contribution in [2.45, 2.75) is 22.9 Å². The molecule has 7 heteroatoms. The van der Waals surface area contributed by atoms with Gasteiger partial charge in [0.15, 0.2) is 0 Å². The predicted molar refractivity (Wildman–Crippen MR) is 112 cm³/mol. The summed E-state index contributed by atoms with van der Waals surface area (Å²) in [6.07, 6.45) is 4.19. The van der Waals surface area contributed by atoms with Gasteiger partial charge in [-0.3, -0.25) is 0 Å². The summed E-state index contributed by atoms with van der Waals surface area (Å²) in [5, 5.41) is 2.25. The number of ether oxygens (including phenoxy) is 1. The summed E-state index contributed by atoms with van der Waals surface area (Å²) in [6.45, 7) is 1.59. The molecule has 144 valence electrons. The molecule has 0 saturated heterocycles. The molecule has 0 bridgehead atoms. The summed E-state index contributed by atoms with van der Waals surface area (Å²) in [5.41, 5.74) is 2.32. The van der Waals surface area contributed by atoms with Gasteiger partial charge in [0.1, 0.15) is 5.75 Å². The molecule has 1 aliphatic rings. The summed E-state index contributed by atoms with van der Waals surface area (Å²) in [4.78, 5) is 3.85. The molecule has 0 amide bonds. The molecule has 0 atom stereocenters. The van der Waals surface area contributed by atoms with E-state index in [-0.39, 0.29) is 14.8 Å². The SMILES string of the molecule is COc1ccc(S(=O)(=O)c2ccc(CN3C=Cc4ccsc4C3)cc2)c(Cl)c1. The first-order valence-electron chi connectivity index (χ1n) is 8.63. The minimum absolute atomic E-state index is 0.0758. The van der Waals surface area contributed by atoms with E-state index in [0.717, 1.165) is 18.7 Å². The average Bonchev–Trinajstić information content (AvgIpc) is 3.16. The Hall–Kier alpha value is -2.28. The predicted octanol–water partition coefficient (Wildman–Crippen LogP) is 5.23. The fourth-order valence-corrected chi connectivity index (χ4v) is 5.80. The first kappa shape index (κ1) is 19.1. The number of fused-ring (bicyclic) bond motifs is 1. The summed E-state index contributed by atoms with van der Waals surface area (Å²) in [7, 11) is -2.18. The van der Waals surface area contributed by atoms with Crippen LogP contribution in [-0.4, -0.2) is 20.4 Å².